The molecule has 0 heterocycles. The van der Waals surface area contributed by atoms with Gasteiger partial charge in [0.05, 0.1) is 4.92 Å². The molecular weight excluding hydrogens is 416 g/mol. The van der Waals surface area contributed by atoms with Crippen molar-refractivity contribution in [2.75, 3.05) is 11.9 Å². The number of nitrogens with zero attached hydrogens (tertiary/aromatic N) is 1. The summed E-state index contributed by atoms with van der Waals surface area (Å²) in [7, 11) is 0. The number of nitro groups is 1. The van der Waals surface area contributed by atoms with Gasteiger partial charge in [-0.3, -0.25) is 35.3 Å². The Labute approximate surface area is 176 Å². The van der Waals surface area contributed by atoms with Crippen LogP contribution in [0.3, 0.4) is 0 Å². The van der Waals surface area contributed by atoms with Crippen LogP contribution < -0.4 is 20.9 Å². The van der Waals surface area contributed by atoms with Crippen LogP contribution in [0, 0.1) is 17.0 Å². The number of ether oxygens (including phenoxy) is 1. The number of rotatable bonds is 8. The van der Waals surface area contributed by atoms with Crippen molar-refractivity contribution in [1.82, 2.24) is 10.9 Å². The van der Waals surface area contributed by atoms with Crippen LogP contribution in [0.2, 0.25) is 5.02 Å². The summed E-state index contributed by atoms with van der Waals surface area (Å²) in [4.78, 5) is 45.7. The van der Waals surface area contributed by atoms with E-state index in [1.807, 2.05) is 0 Å². The lowest BCUT2D eigenvalue weighted by molar-refractivity contribution is -0.385. The number of anilines is 1. The molecule has 0 unspecified atom stereocenters. The Morgan fingerprint density at radius 3 is 2.40 bits per heavy atom. The number of hydrazine groups is 1. The van der Waals surface area contributed by atoms with Crippen LogP contribution in [-0.4, -0.2) is 29.3 Å². The van der Waals surface area contributed by atoms with Crippen molar-refractivity contribution >= 4 is 40.7 Å². The zero-order chi connectivity index (χ0) is 22.1. The number of carbonyl (C=O) groups is 3. The Bertz CT molecular complexity index is 966. The van der Waals surface area contributed by atoms with E-state index in [2.05, 4.69) is 16.2 Å². The lowest BCUT2D eigenvalue weighted by atomic mass is 10.2. The molecule has 3 amide bonds. The van der Waals surface area contributed by atoms with E-state index in [1.54, 1.807) is 25.1 Å². The van der Waals surface area contributed by atoms with Crippen molar-refractivity contribution in [2.45, 2.75) is 19.8 Å². The van der Waals surface area contributed by atoms with Gasteiger partial charge in [-0.05, 0) is 30.7 Å². The maximum absolute atomic E-state index is 12.0. The Kier molecular flexibility index (Phi) is 8.12. The van der Waals surface area contributed by atoms with E-state index in [1.165, 1.54) is 24.3 Å². The summed E-state index contributed by atoms with van der Waals surface area (Å²) in [6.45, 7) is 1.21. The lowest BCUT2D eigenvalue weighted by Gasteiger charge is -2.10. The molecule has 0 atom stereocenters. The Hall–Kier alpha value is -3.66. The largest absolute Gasteiger partial charge is 0.477 e. The van der Waals surface area contributed by atoms with E-state index in [9.17, 15) is 24.5 Å². The third kappa shape index (κ3) is 6.74. The van der Waals surface area contributed by atoms with Crippen molar-refractivity contribution < 1.29 is 24.0 Å². The van der Waals surface area contributed by atoms with Gasteiger partial charge in [-0.15, -0.1) is 0 Å². The number of carbonyl (C=O) groups excluding carboxylic acids is 3. The van der Waals surface area contributed by atoms with Gasteiger partial charge in [0.15, 0.2) is 12.4 Å². The smallest absolute Gasteiger partial charge is 0.310 e. The van der Waals surface area contributed by atoms with Crippen molar-refractivity contribution in [3.05, 3.63) is 63.2 Å². The number of nitro benzene ring substituents is 1. The monoisotopic (exact) mass is 434 g/mol. The molecule has 0 bridgehead atoms. The van der Waals surface area contributed by atoms with Gasteiger partial charge in [-0.1, -0.05) is 29.8 Å². The average molecular weight is 435 g/mol. The summed E-state index contributed by atoms with van der Waals surface area (Å²) in [6, 6.07) is 10.7. The van der Waals surface area contributed by atoms with Gasteiger partial charge in [-0.2, -0.15) is 0 Å². The zero-order valence-electron chi connectivity index (χ0n) is 15.9. The van der Waals surface area contributed by atoms with Crippen molar-refractivity contribution in [1.29, 1.82) is 0 Å². The number of halogens is 1. The summed E-state index contributed by atoms with van der Waals surface area (Å²) in [5.41, 5.74) is 5.23. The number of hydrogen-bond donors (Lipinski definition) is 3. The molecule has 158 valence electrons. The highest BCUT2D eigenvalue weighted by Crippen LogP contribution is 2.25. The van der Waals surface area contributed by atoms with Gasteiger partial charge in [0, 0.05) is 29.6 Å². The first kappa shape index (κ1) is 22.6. The van der Waals surface area contributed by atoms with Crippen LogP contribution in [0.4, 0.5) is 11.4 Å². The summed E-state index contributed by atoms with van der Waals surface area (Å²) in [6.07, 6.45) is -0.281. The first-order valence-corrected chi connectivity index (χ1v) is 9.14. The molecule has 30 heavy (non-hydrogen) atoms. The molecule has 0 aliphatic rings. The fraction of sp³-hybridized carbons (Fsp3) is 0.211. The molecule has 0 spiro atoms. The number of benzene rings is 2. The molecule has 3 N–H and O–H groups in total. The quantitative estimate of drug-likeness (QED) is 0.430. The summed E-state index contributed by atoms with van der Waals surface area (Å²) >= 11 is 5.99. The summed E-state index contributed by atoms with van der Waals surface area (Å²) in [5, 5.41) is 14.1. The van der Waals surface area contributed by atoms with Crippen molar-refractivity contribution in [2.24, 2.45) is 0 Å². The molecule has 0 aliphatic heterocycles. The molecular formula is C19H19ClN4O6. The Balaban J connectivity index is 1.71. The van der Waals surface area contributed by atoms with Crippen LogP contribution in [0.15, 0.2) is 42.5 Å². The topological polar surface area (TPSA) is 140 Å². The van der Waals surface area contributed by atoms with Gasteiger partial charge in [0.25, 0.3) is 5.91 Å². The Morgan fingerprint density at radius 1 is 1.00 bits per heavy atom. The van der Waals surface area contributed by atoms with E-state index in [4.69, 9.17) is 16.3 Å². The summed E-state index contributed by atoms with van der Waals surface area (Å²) < 4.78 is 5.10. The van der Waals surface area contributed by atoms with Gasteiger partial charge in [0.2, 0.25) is 11.8 Å². The maximum atomic E-state index is 12.0. The van der Waals surface area contributed by atoms with Crippen LogP contribution in [-0.2, 0) is 14.4 Å². The fourth-order valence-electron chi connectivity index (χ4n) is 2.29. The van der Waals surface area contributed by atoms with Crippen molar-refractivity contribution in [3.8, 4) is 5.75 Å². The second-order valence-electron chi connectivity index (χ2n) is 6.07. The minimum Gasteiger partial charge on any atom is -0.477 e. The Morgan fingerprint density at radius 2 is 1.67 bits per heavy atom. The van der Waals surface area contributed by atoms with Gasteiger partial charge < -0.3 is 10.1 Å². The van der Waals surface area contributed by atoms with E-state index in [-0.39, 0.29) is 30.2 Å². The first-order valence-electron chi connectivity index (χ1n) is 8.76. The van der Waals surface area contributed by atoms with Crippen LogP contribution in [0.5, 0.6) is 5.75 Å². The third-order valence-corrected chi connectivity index (χ3v) is 4.29. The minimum absolute atomic E-state index is 0.0723. The molecule has 0 radical (unpaired) electrons. The minimum atomic E-state index is -0.722. The van der Waals surface area contributed by atoms with Crippen LogP contribution >= 0.6 is 11.6 Å². The molecule has 2 aromatic rings. The average Bonchev–Trinajstić information content (AvgIpc) is 2.72. The number of amides is 3. The number of nitrogens with one attached hydrogen (secondary N) is 3. The van der Waals surface area contributed by atoms with Crippen LogP contribution in [0.25, 0.3) is 0 Å². The highest BCUT2D eigenvalue weighted by molar-refractivity contribution is 6.31. The highest BCUT2D eigenvalue weighted by Gasteiger charge is 2.15. The second-order valence-corrected chi connectivity index (χ2v) is 6.48. The highest BCUT2D eigenvalue weighted by atomic mass is 35.5. The first-order chi connectivity index (χ1) is 14.3. The molecule has 0 saturated heterocycles. The molecule has 0 aromatic heterocycles. The van der Waals surface area contributed by atoms with Crippen LogP contribution in [0.1, 0.15) is 18.4 Å². The van der Waals surface area contributed by atoms with Crippen molar-refractivity contribution in [3.63, 3.8) is 0 Å². The van der Waals surface area contributed by atoms with E-state index in [0.717, 1.165) is 0 Å². The van der Waals surface area contributed by atoms with E-state index >= 15 is 0 Å². The normalized spacial score (nSPS) is 10.1. The fourth-order valence-corrected chi connectivity index (χ4v) is 2.47. The predicted molar refractivity (Wildman–Crippen MR) is 109 cm³/mol. The summed E-state index contributed by atoms with van der Waals surface area (Å²) in [5.74, 6) is -1.77. The standard InChI is InChI=1S/C19H19ClN4O6/c1-12-13(20)5-4-6-14(12)21-17(25)9-10-18(26)22-23-19(27)11-30-16-8-3-2-7-15(16)24(28)29/h2-8H,9-11H2,1H3,(H,21,25)(H,22,26)(H,23,27). The number of para-hydroxylation sites is 2. The zero-order valence-corrected chi connectivity index (χ0v) is 16.7. The molecule has 2 rings (SSSR count). The predicted octanol–water partition coefficient (Wildman–Crippen LogP) is 2.50. The second kappa shape index (κ2) is 10.8. The molecule has 0 fully saturated rings. The SMILES string of the molecule is Cc1c(Cl)cccc1NC(=O)CCC(=O)NNC(=O)COc1ccccc1[N+](=O)[O-]. The van der Waals surface area contributed by atoms with Gasteiger partial charge in [0.1, 0.15) is 0 Å². The van der Waals surface area contributed by atoms with Gasteiger partial charge in [-0.25, -0.2) is 0 Å². The lowest BCUT2D eigenvalue weighted by Crippen LogP contribution is -2.44. The maximum Gasteiger partial charge on any atom is 0.310 e. The van der Waals surface area contributed by atoms with Gasteiger partial charge >= 0.3 is 5.69 Å². The molecule has 2 aromatic carbocycles. The third-order valence-electron chi connectivity index (χ3n) is 3.88. The molecule has 11 heteroatoms. The molecule has 0 saturated carbocycles. The van der Waals surface area contributed by atoms with E-state index in [0.29, 0.717) is 16.3 Å². The molecule has 10 nitrogen and oxygen atoms in total. The van der Waals surface area contributed by atoms with E-state index < -0.39 is 23.3 Å². The molecule has 0 aliphatic carbocycles. The number of hydrogen-bond acceptors (Lipinski definition) is 6.